The number of carbonyl (C=O) groups excluding carboxylic acids is 1. The number of halogens is 3. The number of nitrogens with zero attached hydrogens (tertiary/aromatic N) is 2. The first kappa shape index (κ1) is 22.9. The van der Waals surface area contributed by atoms with Gasteiger partial charge in [-0.1, -0.05) is 11.6 Å². The number of benzene rings is 1. The van der Waals surface area contributed by atoms with E-state index in [4.69, 9.17) is 16.3 Å². The van der Waals surface area contributed by atoms with Gasteiger partial charge in [0.15, 0.2) is 0 Å². The number of rotatable bonds is 5. The van der Waals surface area contributed by atoms with Gasteiger partial charge in [-0.2, -0.15) is 0 Å². The predicted octanol–water partition coefficient (Wildman–Crippen LogP) is 4.06. The van der Waals surface area contributed by atoms with Crippen molar-refractivity contribution in [3.63, 3.8) is 0 Å². The number of fused-ring (bicyclic) bond motifs is 1. The average Bonchev–Trinajstić information content (AvgIpc) is 3.54. The Hall–Kier alpha value is -1.87. The van der Waals surface area contributed by atoms with Crippen LogP contribution in [0.2, 0.25) is 5.02 Å². The van der Waals surface area contributed by atoms with Crippen molar-refractivity contribution in [2.24, 2.45) is 11.8 Å². The van der Waals surface area contributed by atoms with Gasteiger partial charge in [0.25, 0.3) is 0 Å². The van der Waals surface area contributed by atoms with E-state index in [-0.39, 0.29) is 17.9 Å². The second-order valence-electron chi connectivity index (χ2n) is 9.77. The molecule has 2 N–H and O–H groups in total. The standard InChI is InChI=1S/C24H28ClF2N3O3/c1-24(12-33-11-20(24)31)30-4-2-13(3-5-30)16-6-14-8-21(28-10-15(14)7-19(16)25)29-23(32)18-9-17(18)22(26)27/h6-8,10,13,17-18,20,22,31H,2-5,9,11-12H2,1H3,(H,28,29,32)/t17?,18?,20-,24+/m0/s1. The van der Waals surface area contributed by atoms with E-state index in [0.717, 1.165) is 42.3 Å². The van der Waals surface area contributed by atoms with Gasteiger partial charge in [0, 0.05) is 28.4 Å². The maximum Gasteiger partial charge on any atom is 0.242 e. The SMILES string of the molecule is C[C@@]1(N2CCC(c3cc4cc(NC(=O)C5CC5C(F)F)ncc4cc3Cl)CC2)COC[C@@H]1O. The average molecular weight is 480 g/mol. The highest BCUT2D eigenvalue weighted by Crippen LogP contribution is 2.44. The Labute approximate surface area is 196 Å². The number of likely N-dealkylation sites (tertiary alicyclic amines) is 1. The zero-order chi connectivity index (χ0) is 23.3. The highest BCUT2D eigenvalue weighted by molar-refractivity contribution is 6.32. The summed E-state index contributed by atoms with van der Waals surface area (Å²) in [5, 5.41) is 15.5. The second-order valence-corrected chi connectivity index (χ2v) is 10.2. The quantitative estimate of drug-likeness (QED) is 0.676. The molecule has 9 heteroatoms. The molecule has 2 aromatic rings. The number of alkyl halides is 2. The van der Waals surface area contributed by atoms with Gasteiger partial charge in [0.05, 0.1) is 24.9 Å². The Morgan fingerprint density at radius 2 is 2.06 bits per heavy atom. The molecule has 2 unspecified atom stereocenters. The number of carbonyl (C=O) groups is 1. The monoisotopic (exact) mass is 479 g/mol. The minimum atomic E-state index is -2.46. The fraction of sp³-hybridized carbons (Fsp3) is 0.583. The lowest BCUT2D eigenvalue weighted by Crippen LogP contribution is -2.56. The summed E-state index contributed by atoms with van der Waals surface area (Å²) in [5.74, 6) is -1.25. The van der Waals surface area contributed by atoms with Crippen molar-refractivity contribution in [2.75, 3.05) is 31.6 Å². The van der Waals surface area contributed by atoms with Crippen molar-refractivity contribution >= 4 is 34.1 Å². The van der Waals surface area contributed by atoms with Crippen LogP contribution in [0.1, 0.15) is 37.7 Å². The van der Waals surface area contributed by atoms with E-state index in [2.05, 4.69) is 22.1 Å². The third-order valence-electron chi connectivity index (χ3n) is 7.63. The number of amides is 1. The Morgan fingerprint density at radius 3 is 2.70 bits per heavy atom. The lowest BCUT2D eigenvalue weighted by atomic mass is 9.85. The van der Waals surface area contributed by atoms with Crippen LogP contribution < -0.4 is 5.32 Å². The van der Waals surface area contributed by atoms with Crippen molar-refractivity contribution in [3.05, 3.63) is 35.0 Å². The summed E-state index contributed by atoms with van der Waals surface area (Å²) in [4.78, 5) is 18.8. The number of nitrogens with one attached hydrogen (secondary N) is 1. The number of piperidine rings is 1. The zero-order valence-corrected chi connectivity index (χ0v) is 19.2. The number of aliphatic hydroxyl groups is 1. The molecule has 0 radical (unpaired) electrons. The van der Waals surface area contributed by atoms with Crippen molar-refractivity contribution in [3.8, 4) is 0 Å². The van der Waals surface area contributed by atoms with E-state index in [0.29, 0.717) is 24.1 Å². The molecule has 2 aliphatic heterocycles. The summed E-state index contributed by atoms with van der Waals surface area (Å²) < 4.78 is 31.0. The summed E-state index contributed by atoms with van der Waals surface area (Å²) in [6.07, 6.45) is 0.748. The van der Waals surface area contributed by atoms with Crippen LogP contribution >= 0.6 is 11.6 Å². The van der Waals surface area contributed by atoms with Crippen LogP contribution in [0.5, 0.6) is 0 Å². The minimum absolute atomic E-state index is 0.220. The molecule has 0 spiro atoms. The molecule has 6 nitrogen and oxygen atoms in total. The smallest absolute Gasteiger partial charge is 0.242 e. The third kappa shape index (κ3) is 4.34. The normalized spacial score (nSPS) is 30.8. The summed E-state index contributed by atoms with van der Waals surface area (Å²) in [6, 6.07) is 5.71. The van der Waals surface area contributed by atoms with Crippen LogP contribution in [0, 0.1) is 11.8 Å². The maximum atomic E-state index is 12.8. The topological polar surface area (TPSA) is 74.7 Å². The number of anilines is 1. The van der Waals surface area contributed by atoms with E-state index < -0.39 is 30.3 Å². The molecule has 4 atom stereocenters. The molecule has 5 rings (SSSR count). The summed E-state index contributed by atoms with van der Waals surface area (Å²) >= 11 is 6.63. The molecule has 178 valence electrons. The fourth-order valence-corrected chi connectivity index (χ4v) is 5.56. The molecule has 1 aromatic carbocycles. The summed E-state index contributed by atoms with van der Waals surface area (Å²) in [7, 11) is 0. The predicted molar refractivity (Wildman–Crippen MR) is 122 cm³/mol. The first-order valence-electron chi connectivity index (χ1n) is 11.5. The molecule has 0 bridgehead atoms. The van der Waals surface area contributed by atoms with Crippen LogP contribution in [0.3, 0.4) is 0 Å². The first-order valence-corrected chi connectivity index (χ1v) is 11.8. The van der Waals surface area contributed by atoms with Gasteiger partial charge in [-0.05, 0) is 74.3 Å². The van der Waals surface area contributed by atoms with E-state index in [1.54, 1.807) is 12.3 Å². The molecular formula is C24H28ClF2N3O3. The maximum absolute atomic E-state index is 12.8. The lowest BCUT2D eigenvalue weighted by molar-refractivity contribution is -0.118. The van der Waals surface area contributed by atoms with Crippen molar-refractivity contribution in [2.45, 2.75) is 50.2 Å². The Balaban J connectivity index is 1.30. The molecule has 1 amide bonds. The molecule has 1 saturated carbocycles. The lowest BCUT2D eigenvalue weighted by Gasteiger charge is -2.43. The van der Waals surface area contributed by atoms with Gasteiger partial charge in [0.2, 0.25) is 12.3 Å². The van der Waals surface area contributed by atoms with Crippen LogP contribution in [0.15, 0.2) is 24.4 Å². The number of hydrogen-bond donors (Lipinski definition) is 2. The first-order chi connectivity index (χ1) is 15.8. The minimum Gasteiger partial charge on any atom is -0.389 e. The Morgan fingerprint density at radius 1 is 1.30 bits per heavy atom. The highest BCUT2D eigenvalue weighted by Gasteiger charge is 2.49. The van der Waals surface area contributed by atoms with E-state index in [1.807, 2.05) is 12.1 Å². The van der Waals surface area contributed by atoms with Crippen molar-refractivity contribution < 1.29 is 23.4 Å². The third-order valence-corrected chi connectivity index (χ3v) is 7.96. The van der Waals surface area contributed by atoms with Gasteiger partial charge in [-0.15, -0.1) is 0 Å². The van der Waals surface area contributed by atoms with Crippen LogP contribution in [-0.4, -0.2) is 65.3 Å². The molecule has 33 heavy (non-hydrogen) atoms. The van der Waals surface area contributed by atoms with Crippen molar-refractivity contribution in [1.82, 2.24) is 9.88 Å². The zero-order valence-electron chi connectivity index (χ0n) is 18.4. The molecular weight excluding hydrogens is 452 g/mol. The molecule has 3 heterocycles. The van der Waals surface area contributed by atoms with Gasteiger partial charge in [0.1, 0.15) is 5.82 Å². The molecule has 1 aromatic heterocycles. The van der Waals surface area contributed by atoms with Crippen LogP contribution in [0.25, 0.3) is 10.8 Å². The van der Waals surface area contributed by atoms with Gasteiger partial charge < -0.3 is 15.2 Å². The van der Waals surface area contributed by atoms with Gasteiger partial charge in [-0.25, -0.2) is 13.8 Å². The van der Waals surface area contributed by atoms with E-state index >= 15 is 0 Å². The van der Waals surface area contributed by atoms with E-state index in [9.17, 15) is 18.7 Å². The largest absolute Gasteiger partial charge is 0.389 e. The second kappa shape index (κ2) is 8.73. The Bertz CT molecular complexity index is 1060. The van der Waals surface area contributed by atoms with Crippen LogP contribution in [-0.2, 0) is 9.53 Å². The molecule has 3 aliphatic rings. The van der Waals surface area contributed by atoms with Gasteiger partial charge in [-0.3, -0.25) is 9.69 Å². The molecule has 2 saturated heterocycles. The highest BCUT2D eigenvalue weighted by atomic mass is 35.5. The number of pyridine rings is 1. The Kier molecular flexibility index (Phi) is 6.05. The molecule has 1 aliphatic carbocycles. The number of aromatic nitrogens is 1. The van der Waals surface area contributed by atoms with Gasteiger partial charge >= 0.3 is 0 Å². The molecule has 3 fully saturated rings. The summed E-state index contributed by atoms with van der Waals surface area (Å²) in [5.41, 5.74) is 0.711. The van der Waals surface area contributed by atoms with Crippen molar-refractivity contribution in [1.29, 1.82) is 0 Å². The van der Waals surface area contributed by atoms with E-state index in [1.165, 1.54) is 0 Å². The number of aliphatic hydroxyl groups excluding tert-OH is 1. The number of hydrogen-bond acceptors (Lipinski definition) is 5. The summed E-state index contributed by atoms with van der Waals surface area (Å²) in [6.45, 7) is 4.67. The fourth-order valence-electron chi connectivity index (χ4n) is 5.23. The number of ether oxygens (including phenoxy) is 1. The van der Waals surface area contributed by atoms with Crippen LogP contribution in [0.4, 0.5) is 14.6 Å².